The van der Waals surface area contributed by atoms with Crippen LogP contribution in [-0.4, -0.2) is 19.3 Å². The number of hydrogen-bond acceptors (Lipinski definition) is 3. The first-order chi connectivity index (χ1) is 3.71. The standard InChI is InChI=1S/CHF3O4S.2Ag/c2-1(3,4)8-9(5,6)7;;/h(H,5,6,7);;. The number of halogens is 3. The summed E-state index contributed by atoms with van der Waals surface area (Å²) in [5.41, 5.74) is 0. The van der Waals surface area contributed by atoms with E-state index in [-0.39, 0.29) is 44.8 Å². The maximum atomic E-state index is 10.8. The third-order valence-corrected chi connectivity index (χ3v) is 0.599. The minimum Gasteiger partial charge on any atom is -0.263 e. The van der Waals surface area contributed by atoms with Gasteiger partial charge in [0.05, 0.1) is 0 Å². The fourth-order valence-electron chi connectivity index (χ4n) is 0.119. The van der Waals surface area contributed by atoms with Gasteiger partial charge >= 0.3 is 16.8 Å². The fourth-order valence-corrected chi connectivity index (χ4v) is 0.358. The Morgan fingerprint density at radius 1 is 1.18 bits per heavy atom. The van der Waals surface area contributed by atoms with Gasteiger partial charge in [0.15, 0.2) is 0 Å². The van der Waals surface area contributed by atoms with Crippen molar-refractivity contribution in [3.05, 3.63) is 0 Å². The molecular weight excluding hydrogens is 381 g/mol. The summed E-state index contributed by atoms with van der Waals surface area (Å²) in [6, 6.07) is 0. The number of rotatable bonds is 1. The molecular formula is CHAg2F3O4S. The van der Waals surface area contributed by atoms with Crippen molar-refractivity contribution in [3.63, 3.8) is 0 Å². The number of alkyl halides is 3. The SMILES string of the molecule is O=S(=O)(O)OC(F)(F)F.[Ag].[Ag]. The van der Waals surface area contributed by atoms with E-state index in [1.165, 1.54) is 0 Å². The molecule has 0 saturated heterocycles. The number of hydrogen-bond donors (Lipinski definition) is 1. The van der Waals surface area contributed by atoms with Gasteiger partial charge in [0, 0.05) is 44.8 Å². The van der Waals surface area contributed by atoms with Crippen LogP contribution in [-0.2, 0) is 59.3 Å². The van der Waals surface area contributed by atoms with E-state index in [0.29, 0.717) is 0 Å². The summed E-state index contributed by atoms with van der Waals surface area (Å²) in [6.07, 6.45) is -5.35. The Kier molecular flexibility index (Phi) is 9.39. The first-order valence-electron chi connectivity index (χ1n) is 1.45. The first-order valence-corrected chi connectivity index (χ1v) is 2.82. The van der Waals surface area contributed by atoms with Crippen LogP contribution < -0.4 is 0 Å². The van der Waals surface area contributed by atoms with Crippen molar-refractivity contribution in [1.82, 2.24) is 0 Å². The molecule has 1 N–H and O–H groups in total. The average Bonchev–Trinajstić information content (AvgIpc) is 1.14. The molecule has 0 amide bonds. The van der Waals surface area contributed by atoms with E-state index in [4.69, 9.17) is 4.55 Å². The van der Waals surface area contributed by atoms with Gasteiger partial charge in [-0.25, -0.2) is 0 Å². The summed E-state index contributed by atoms with van der Waals surface area (Å²) in [6.45, 7) is 0. The molecule has 0 unspecified atom stereocenters. The minimum atomic E-state index is -5.41. The van der Waals surface area contributed by atoms with Crippen LogP contribution in [0.4, 0.5) is 13.2 Å². The van der Waals surface area contributed by atoms with Crippen molar-refractivity contribution in [2.75, 3.05) is 0 Å². The molecule has 0 saturated carbocycles. The zero-order valence-corrected chi connectivity index (χ0v) is 8.10. The average molecular weight is 382 g/mol. The van der Waals surface area contributed by atoms with Gasteiger partial charge in [0.25, 0.3) is 0 Å². The quantitative estimate of drug-likeness (QED) is 0.525. The second-order valence-electron chi connectivity index (χ2n) is 0.957. The van der Waals surface area contributed by atoms with E-state index in [1.54, 1.807) is 0 Å². The molecule has 11 heavy (non-hydrogen) atoms. The Hall–Kier alpha value is 1.14. The van der Waals surface area contributed by atoms with Gasteiger partial charge in [0.1, 0.15) is 0 Å². The van der Waals surface area contributed by atoms with Gasteiger partial charge in [-0.05, 0) is 0 Å². The zero-order valence-electron chi connectivity index (χ0n) is 4.32. The monoisotopic (exact) mass is 380 g/mol. The van der Waals surface area contributed by atoms with Crippen LogP contribution in [0.15, 0.2) is 0 Å². The van der Waals surface area contributed by atoms with Crippen molar-refractivity contribution in [1.29, 1.82) is 0 Å². The van der Waals surface area contributed by atoms with E-state index in [2.05, 4.69) is 4.18 Å². The Morgan fingerprint density at radius 2 is 1.45 bits per heavy atom. The molecule has 0 aliphatic heterocycles. The molecule has 0 spiro atoms. The summed E-state index contributed by atoms with van der Waals surface area (Å²) < 4.78 is 60.4. The molecule has 0 atom stereocenters. The maximum absolute atomic E-state index is 10.8. The van der Waals surface area contributed by atoms with Gasteiger partial charge in [-0.1, -0.05) is 0 Å². The van der Waals surface area contributed by atoms with E-state index in [0.717, 1.165) is 0 Å². The van der Waals surface area contributed by atoms with Crippen LogP contribution in [0.5, 0.6) is 0 Å². The third-order valence-electron chi connectivity index (χ3n) is 0.200. The molecule has 0 fully saturated rings. The summed E-state index contributed by atoms with van der Waals surface area (Å²) in [5.74, 6) is 0. The second-order valence-corrected chi connectivity index (χ2v) is 1.98. The molecule has 0 bridgehead atoms. The molecule has 2 radical (unpaired) electrons. The molecule has 0 aliphatic rings. The Balaban J connectivity index is -0.000000320. The topological polar surface area (TPSA) is 63.6 Å². The summed E-state index contributed by atoms with van der Waals surface area (Å²) in [7, 11) is -5.41. The maximum Gasteiger partial charge on any atom is 0.538 e. The van der Waals surface area contributed by atoms with Gasteiger partial charge < -0.3 is 0 Å². The third kappa shape index (κ3) is 18.3. The predicted molar refractivity (Wildman–Crippen MR) is 18.7 cm³/mol. The van der Waals surface area contributed by atoms with E-state index >= 15 is 0 Å². The van der Waals surface area contributed by atoms with Gasteiger partial charge in [-0.2, -0.15) is 8.42 Å². The van der Waals surface area contributed by atoms with Crippen molar-refractivity contribution in [3.8, 4) is 0 Å². The van der Waals surface area contributed by atoms with Gasteiger partial charge in [0.2, 0.25) is 0 Å². The normalized spacial score (nSPS) is 11.3. The molecule has 0 rings (SSSR count). The molecule has 10 heteroatoms. The van der Waals surface area contributed by atoms with Gasteiger partial charge in [-0.3, -0.25) is 4.55 Å². The first kappa shape index (κ1) is 18.0. The minimum absolute atomic E-state index is 0. The van der Waals surface area contributed by atoms with E-state index in [9.17, 15) is 21.6 Å². The van der Waals surface area contributed by atoms with Crippen LogP contribution in [0.3, 0.4) is 0 Å². The molecule has 0 aromatic rings. The van der Waals surface area contributed by atoms with Crippen molar-refractivity contribution in [2.45, 2.75) is 6.36 Å². The fraction of sp³-hybridized carbons (Fsp3) is 1.00. The van der Waals surface area contributed by atoms with Crippen LogP contribution >= 0.6 is 0 Å². The van der Waals surface area contributed by atoms with Crippen LogP contribution in [0, 0.1) is 0 Å². The Bertz CT molecular complexity index is 184. The molecule has 78 valence electrons. The smallest absolute Gasteiger partial charge is 0.263 e. The molecule has 0 aromatic carbocycles. The Labute approximate surface area is 91.5 Å². The Morgan fingerprint density at radius 3 is 1.45 bits per heavy atom. The summed E-state index contributed by atoms with van der Waals surface area (Å²) in [5, 5.41) is 0. The van der Waals surface area contributed by atoms with Gasteiger partial charge in [-0.15, -0.1) is 17.4 Å². The van der Waals surface area contributed by atoms with E-state index < -0.39 is 16.8 Å². The largest absolute Gasteiger partial charge is 0.538 e. The molecule has 0 heterocycles. The molecule has 0 aromatic heterocycles. The van der Waals surface area contributed by atoms with Crippen molar-refractivity contribution in [2.24, 2.45) is 0 Å². The second kappa shape index (κ2) is 5.73. The summed E-state index contributed by atoms with van der Waals surface area (Å²) >= 11 is 0. The van der Waals surface area contributed by atoms with Crippen LogP contribution in [0.1, 0.15) is 0 Å². The van der Waals surface area contributed by atoms with Crippen LogP contribution in [0.25, 0.3) is 0 Å². The van der Waals surface area contributed by atoms with Crippen molar-refractivity contribution >= 4 is 10.4 Å². The van der Waals surface area contributed by atoms with Crippen LogP contribution in [0.2, 0.25) is 0 Å². The predicted octanol–water partition coefficient (Wildman–Crippen LogP) is 0.321. The van der Waals surface area contributed by atoms with Crippen molar-refractivity contribution < 1.29 is 75.1 Å². The zero-order chi connectivity index (χ0) is 7.71. The molecule has 0 aliphatic carbocycles. The van der Waals surface area contributed by atoms with E-state index in [1.807, 2.05) is 0 Å². The molecule has 4 nitrogen and oxygen atoms in total. The summed E-state index contributed by atoms with van der Waals surface area (Å²) in [4.78, 5) is 0.